The second-order valence-corrected chi connectivity index (χ2v) is 6.40. The minimum absolute atomic E-state index is 0.00313. The van der Waals surface area contributed by atoms with Crippen LogP contribution in [-0.2, 0) is 16.6 Å². The van der Waals surface area contributed by atoms with E-state index in [4.69, 9.17) is 0 Å². The Balaban J connectivity index is 3.11. The lowest BCUT2D eigenvalue weighted by Gasteiger charge is -2.31. The first-order valence-electron chi connectivity index (χ1n) is 5.37. The predicted molar refractivity (Wildman–Crippen MR) is 64.0 cm³/mol. The summed E-state index contributed by atoms with van der Waals surface area (Å²) >= 11 is 0. The number of imidazole rings is 1. The van der Waals surface area contributed by atoms with Gasteiger partial charge < -0.3 is 9.67 Å². The third-order valence-corrected chi connectivity index (χ3v) is 4.79. The van der Waals surface area contributed by atoms with E-state index in [2.05, 4.69) is 4.98 Å². The molecule has 0 aromatic carbocycles. The molecular weight excluding hydrogens is 242 g/mol. The number of likely N-dealkylation sites (N-methyl/N-ethyl adjacent to an activating group) is 1. The smallest absolute Gasteiger partial charge is 0.262 e. The summed E-state index contributed by atoms with van der Waals surface area (Å²) in [6.07, 6.45) is 2.96. The number of nitrogens with zero attached hydrogens (tertiary/aromatic N) is 3. The van der Waals surface area contributed by atoms with Crippen LogP contribution >= 0.6 is 0 Å². The highest BCUT2D eigenvalue weighted by atomic mass is 32.2. The minimum atomic E-state index is -3.66. The van der Waals surface area contributed by atoms with E-state index < -0.39 is 15.6 Å². The van der Waals surface area contributed by atoms with E-state index in [1.54, 1.807) is 18.4 Å². The molecule has 1 rings (SSSR count). The van der Waals surface area contributed by atoms with Gasteiger partial charge in [0.15, 0.2) is 5.03 Å². The van der Waals surface area contributed by atoms with Crippen molar-refractivity contribution in [2.75, 3.05) is 13.7 Å². The Bertz CT molecular complexity index is 479. The van der Waals surface area contributed by atoms with Crippen molar-refractivity contribution < 1.29 is 13.5 Å². The number of aromatic nitrogens is 2. The molecule has 0 saturated heterocycles. The Kier molecular flexibility index (Phi) is 3.95. The van der Waals surface area contributed by atoms with Crippen molar-refractivity contribution in [3.63, 3.8) is 0 Å². The molecule has 6 nitrogen and oxygen atoms in total. The zero-order valence-electron chi connectivity index (χ0n) is 10.6. The van der Waals surface area contributed by atoms with Crippen molar-refractivity contribution in [3.05, 3.63) is 12.5 Å². The fourth-order valence-electron chi connectivity index (χ4n) is 1.21. The molecule has 17 heavy (non-hydrogen) atoms. The molecule has 0 aliphatic heterocycles. The van der Waals surface area contributed by atoms with Gasteiger partial charge in [-0.05, 0) is 20.8 Å². The third kappa shape index (κ3) is 2.67. The molecule has 0 aliphatic rings. The first-order valence-corrected chi connectivity index (χ1v) is 6.81. The van der Waals surface area contributed by atoms with E-state index in [1.165, 1.54) is 19.6 Å². The van der Waals surface area contributed by atoms with E-state index in [-0.39, 0.29) is 11.6 Å². The number of aliphatic hydroxyl groups excluding tert-OH is 1. The molecule has 0 bridgehead atoms. The van der Waals surface area contributed by atoms with Crippen LogP contribution in [0, 0.1) is 0 Å². The van der Waals surface area contributed by atoms with Gasteiger partial charge in [0.1, 0.15) is 0 Å². The molecule has 0 amide bonds. The van der Waals surface area contributed by atoms with Crippen molar-refractivity contribution in [1.29, 1.82) is 0 Å². The molecule has 98 valence electrons. The lowest BCUT2D eigenvalue weighted by atomic mass is 10.1. The number of hydrogen-bond acceptors (Lipinski definition) is 4. The molecule has 0 radical (unpaired) electrons. The quantitative estimate of drug-likeness (QED) is 0.827. The number of aliphatic hydroxyl groups is 1. The number of aryl methyl sites for hydroxylation is 1. The van der Waals surface area contributed by atoms with Crippen LogP contribution in [0.1, 0.15) is 20.8 Å². The van der Waals surface area contributed by atoms with Crippen LogP contribution in [0.2, 0.25) is 0 Å². The number of rotatable bonds is 5. The Morgan fingerprint density at radius 1 is 1.53 bits per heavy atom. The minimum Gasteiger partial charge on any atom is -0.394 e. The van der Waals surface area contributed by atoms with Crippen molar-refractivity contribution in [3.8, 4) is 0 Å². The molecule has 1 aromatic rings. The fraction of sp³-hybridized carbons (Fsp3) is 0.700. The van der Waals surface area contributed by atoms with Crippen LogP contribution in [0.15, 0.2) is 17.6 Å². The summed E-state index contributed by atoms with van der Waals surface area (Å²) < 4.78 is 27.2. The van der Waals surface area contributed by atoms with E-state index in [0.29, 0.717) is 6.54 Å². The number of sulfonamides is 1. The average Bonchev–Trinajstić information content (AvgIpc) is 2.77. The monoisotopic (exact) mass is 261 g/mol. The highest BCUT2D eigenvalue weighted by Crippen LogP contribution is 2.21. The summed E-state index contributed by atoms with van der Waals surface area (Å²) in [4.78, 5) is 3.88. The van der Waals surface area contributed by atoms with Gasteiger partial charge in [0.05, 0.1) is 18.5 Å². The first-order chi connectivity index (χ1) is 7.75. The third-order valence-electron chi connectivity index (χ3n) is 2.84. The summed E-state index contributed by atoms with van der Waals surface area (Å²) in [5.74, 6) is 0. The maximum atomic E-state index is 12.2. The molecule has 1 aromatic heterocycles. The molecule has 0 saturated carbocycles. The van der Waals surface area contributed by atoms with Gasteiger partial charge in [-0.2, -0.15) is 4.31 Å². The second-order valence-electron chi connectivity index (χ2n) is 4.49. The maximum Gasteiger partial charge on any atom is 0.262 e. The van der Waals surface area contributed by atoms with Gasteiger partial charge in [-0.25, -0.2) is 13.4 Å². The summed E-state index contributed by atoms with van der Waals surface area (Å²) in [6, 6.07) is 0. The largest absolute Gasteiger partial charge is 0.394 e. The molecule has 1 heterocycles. The molecule has 0 spiro atoms. The Hall–Kier alpha value is -0.920. The highest BCUT2D eigenvalue weighted by molar-refractivity contribution is 7.89. The SMILES string of the molecule is CCn1cnc(S(=O)(=O)N(C)C(C)(C)CO)c1. The zero-order valence-corrected chi connectivity index (χ0v) is 11.4. The lowest BCUT2D eigenvalue weighted by Crippen LogP contribution is -2.47. The summed E-state index contributed by atoms with van der Waals surface area (Å²) in [5, 5.41) is 9.20. The molecular formula is C10H19N3O3S. The normalized spacial score (nSPS) is 13.3. The van der Waals surface area contributed by atoms with Crippen LogP contribution < -0.4 is 0 Å². The Morgan fingerprint density at radius 3 is 2.53 bits per heavy atom. The molecule has 0 fully saturated rings. The summed E-state index contributed by atoms with van der Waals surface area (Å²) in [5.41, 5.74) is -0.852. The van der Waals surface area contributed by atoms with Gasteiger partial charge in [0.2, 0.25) is 0 Å². The van der Waals surface area contributed by atoms with E-state index >= 15 is 0 Å². The van der Waals surface area contributed by atoms with Crippen molar-refractivity contribution in [2.45, 2.75) is 37.9 Å². The standard InChI is InChI=1S/C10H19N3O3S/c1-5-13-6-9(11-8-13)17(15,16)12(4)10(2,3)7-14/h6,8,14H,5,7H2,1-4H3. The van der Waals surface area contributed by atoms with E-state index in [1.807, 2.05) is 6.92 Å². The van der Waals surface area contributed by atoms with Gasteiger partial charge in [-0.15, -0.1) is 0 Å². The summed E-state index contributed by atoms with van der Waals surface area (Å²) in [6.45, 7) is 5.62. The number of hydrogen-bond donors (Lipinski definition) is 1. The predicted octanol–water partition coefficient (Wildman–Crippen LogP) is 0.294. The fourth-order valence-corrected chi connectivity index (χ4v) is 2.65. The van der Waals surface area contributed by atoms with Gasteiger partial charge in [-0.1, -0.05) is 0 Å². The molecule has 0 unspecified atom stereocenters. The van der Waals surface area contributed by atoms with Gasteiger partial charge in [0.25, 0.3) is 10.0 Å². The van der Waals surface area contributed by atoms with Crippen LogP contribution in [-0.4, -0.2) is 46.6 Å². The van der Waals surface area contributed by atoms with Crippen LogP contribution in [0.25, 0.3) is 0 Å². The van der Waals surface area contributed by atoms with Crippen molar-refractivity contribution >= 4 is 10.0 Å². The van der Waals surface area contributed by atoms with Gasteiger partial charge in [0, 0.05) is 19.8 Å². The van der Waals surface area contributed by atoms with Gasteiger partial charge >= 0.3 is 0 Å². The zero-order chi connectivity index (χ0) is 13.3. The van der Waals surface area contributed by atoms with Crippen molar-refractivity contribution in [1.82, 2.24) is 13.9 Å². The molecule has 0 aliphatic carbocycles. The average molecular weight is 261 g/mol. The van der Waals surface area contributed by atoms with Crippen LogP contribution in [0.4, 0.5) is 0 Å². The van der Waals surface area contributed by atoms with Gasteiger partial charge in [-0.3, -0.25) is 0 Å². The van der Waals surface area contributed by atoms with E-state index in [9.17, 15) is 13.5 Å². The Morgan fingerprint density at radius 2 is 2.12 bits per heavy atom. The van der Waals surface area contributed by atoms with Crippen LogP contribution in [0.3, 0.4) is 0 Å². The highest BCUT2D eigenvalue weighted by Gasteiger charge is 2.34. The van der Waals surface area contributed by atoms with Crippen molar-refractivity contribution in [2.24, 2.45) is 0 Å². The topological polar surface area (TPSA) is 75.4 Å². The van der Waals surface area contributed by atoms with Crippen LogP contribution in [0.5, 0.6) is 0 Å². The molecule has 1 N–H and O–H groups in total. The second kappa shape index (κ2) is 4.75. The lowest BCUT2D eigenvalue weighted by molar-refractivity contribution is 0.137. The first kappa shape index (κ1) is 14.1. The maximum absolute atomic E-state index is 12.2. The Labute approximate surface area is 102 Å². The molecule has 0 atom stereocenters. The van der Waals surface area contributed by atoms with E-state index in [0.717, 1.165) is 4.31 Å². The summed E-state index contributed by atoms with van der Waals surface area (Å²) in [7, 11) is -2.22. The molecule has 7 heteroatoms.